The van der Waals surface area contributed by atoms with Gasteiger partial charge in [0.2, 0.25) is 0 Å². The number of hydrogen-bond donors (Lipinski definition) is 0. The Morgan fingerprint density at radius 3 is 0.818 bits per heavy atom. The van der Waals surface area contributed by atoms with Crippen LogP contribution in [0.25, 0.3) is 0 Å². The average molecular weight is 424 g/mol. The molecular weight excluding hydrogens is 399 g/mol. The van der Waals surface area contributed by atoms with Crippen molar-refractivity contribution < 1.29 is 0 Å². The fourth-order valence-electron chi connectivity index (χ4n) is 4.26. The molecule has 0 unspecified atom stereocenters. The number of rotatable bonds is 7. The Hall–Kier alpha value is -4.24. The molecule has 0 aliphatic rings. The van der Waals surface area contributed by atoms with Gasteiger partial charge in [-0.05, 0) is 54.0 Å². The summed E-state index contributed by atoms with van der Waals surface area (Å²) in [7, 11) is 0. The second kappa shape index (κ2) is 9.93. The first-order chi connectivity index (χ1) is 16.4. The van der Waals surface area contributed by atoms with Gasteiger partial charge in [-0.2, -0.15) is 0 Å². The summed E-state index contributed by atoms with van der Waals surface area (Å²) in [6.45, 7) is -0.110. The molecule has 5 aromatic carbocycles. The van der Waals surface area contributed by atoms with Gasteiger partial charge in [0.1, 0.15) is 0 Å². The van der Waals surface area contributed by atoms with Gasteiger partial charge in [-0.1, -0.05) is 103 Å². The molecule has 0 N–H and O–H groups in total. The van der Waals surface area contributed by atoms with Gasteiger partial charge in [-0.25, -0.2) is 0 Å². The Bertz CT molecular complexity index is 1090. The van der Waals surface area contributed by atoms with Gasteiger partial charge in [0.25, 0.3) is 0 Å². The summed E-state index contributed by atoms with van der Waals surface area (Å²) >= 11 is 0. The molecule has 0 radical (unpaired) electrons. The fraction of sp³-hybridized carbons (Fsp3) is 0. The number of hydrogen-bond acceptors (Lipinski definition) is 2. The van der Waals surface area contributed by atoms with E-state index >= 15 is 0 Å². The first-order valence-electron chi connectivity index (χ1n) is 11.3. The van der Waals surface area contributed by atoms with Crippen LogP contribution in [0.3, 0.4) is 0 Å². The number of nitrogens with zero attached hydrogens (tertiary/aromatic N) is 2. The van der Waals surface area contributed by atoms with Crippen LogP contribution in [0.5, 0.6) is 0 Å². The average Bonchev–Trinajstić information content (AvgIpc) is 2.91. The lowest BCUT2D eigenvalue weighted by atomic mass is 9.62. The summed E-state index contributed by atoms with van der Waals surface area (Å²) in [4.78, 5) is 4.82. The van der Waals surface area contributed by atoms with Crippen LogP contribution in [-0.4, -0.2) is 6.98 Å². The molecule has 0 saturated carbocycles. The molecule has 3 heteroatoms. The van der Waals surface area contributed by atoms with Gasteiger partial charge in [-0.15, -0.1) is 0 Å². The van der Waals surface area contributed by atoms with E-state index in [-0.39, 0.29) is 6.98 Å². The SMILES string of the molecule is c1ccc(B(N(c2ccccc2)c2ccccc2)N(c2ccccc2)c2ccccc2)cc1. The van der Waals surface area contributed by atoms with Crippen molar-refractivity contribution in [1.29, 1.82) is 0 Å². The number of benzene rings is 5. The second-order valence-corrected chi connectivity index (χ2v) is 7.87. The zero-order valence-corrected chi connectivity index (χ0v) is 18.4. The van der Waals surface area contributed by atoms with Crippen molar-refractivity contribution >= 4 is 35.2 Å². The molecule has 158 valence electrons. The van der Waals surface area contributed by atoms with E-state index < -0.39 is 0 Å². The summed E-state index contributed by atoms with van der Waals surface area (Å²) in [5.74, 6) is 0. The van der Waals surface area contributed by atoms with Gasteiger partial charge in [-0.3, -0.25) is 0 Å². The monoisotopic (exact) mass is 424 g/mol. The molecule has 0 aromatic heterocycles. The van der Waals surface area contributed by atoms with Crippen LogP contribution in [0.15, 0.2) is 152 Å². The lowest BCUT2D eigenvalue weighted by Gasteiger charge is -2.40. The third-order valence-electron chi connectivity index (χ3n) is 5.72. The van der Waals surface area contributed by atoms with E-state index in [1.54, 1.807) is 0 Å². The molecule has 0 amide bonds. The fourth-order valence-corrected chi connectivity index (χ4v) is 4.26. The summed E-state index contributed by atoms with van der Waals surface area (Å²) in [5.41, 5.74) is 5.74. The van der Waals surface area contributed by atoms with Crippen LogP contribution in [-0.2, 0) is 0 Å². The highest BCUT2D eigenvalue weighted by atomic mass is 15.2. The molecule has 0 heterocycles. The van der Waals surface area contributed by atoms with Crippen LogP contribution in [0.1, 0.15) is 0 Å². The van der Waals surface area contributed by atoms with Gasteiger partial charge in [0.05, 0.1) is 0 Å². The summed E-state index contributed by atoms with van der Waals surface area (Å²) in [6.07, 6.45) is 0. The van der Waals surface area contributed by atoms with Crippen molar-refractivity contribution in [3.05, 3.63) is 152 Å². The zero-order chi connectivity index (χ0) is 22.3. The van der Waals surface area contributed by atoms with Gasteiger partial charge in [0, 0.05) is 22.7 Å². The Balaban J connectivity index is 1.79. The molecule has 0 saturated heterocycles. The third-order valence-corrected chi connectivity index (χ3v) is 5.72. The largest absolute Gasteiger partial charge is 0.420 e. The maximum Gasteiger partial charge on any atom is 0.420 e. The van der Waals surface area contributed by atoms with Crippen LogP contribution >= 0.6 is 0 Å². The maximum absolute atomic E-state index is 2.41. The van der Waals surface area contributed by atoms with E-state index in [4.69, 9.17) is 0 Å². The van der Waals surface area contributed by atoms with E-state index in [1.807, 2.05) is 0 Å². The van der Waals surface area contributed by atoms with Crippen molar-refractivity contribution in [3.63, 3.8) is 0 Å². The maximum atomic E-state index is 2.41. The summed E-state index contributed by atoms with van der Waals surface area (Å²) in [6, 6.07) is 53.2. The third kappa shape index (κ3) is 4.53. The predicted octanol–water partition coefficient (Wildman–Crippen LogP) is 7.06. The molecule has 33 heavy (non-hydrogen) atoms. The van der Waals surface area contributed by atoms with E-state index in [0.717, 1.165) is 22.7 Å². The normalized spacial score (nSPS) is 10.4. The minimum Gasteiger partial charge on any atom is -0.362 e. The highest BCUT2D eigenvalue weighted by Gasteiger charge is 2.36. The molecular formula is C30H25BN2. The number of anilines is 4. The molecule has 2 nitrogen and oxygen atoms in total. The van der Waals surface area contributed by atoms with Gasteiger partial charge in [0.15, 0.2) is 0 Å². The smallest absolute Gasteiger partial charge is 0.362 e. The Morgan fingerprint density at radius 1 is 0.303 bits per heavy atom. The summed E-state index contributed by atoms with van der Waals surface area (Å²) in [5, 5.41) is 0. The molecule has 0 fully saturated rings. The van der Waals surface area contributed by atoms with Crippen molar-refractivity contribution in [2.75, 3.05) is 9.62 Å². The van der Waals surface area contributed by atoms with Crippen molar-refractivity contribution in [1.82, 2.24) is 0 Å². The first kappa shape index (κ1) is 20.7. The van der Waals surface area contributed by atoms with E-state index in [1.165, 1.54) is 5.46 Å². The Kier molecular flexibility index (Phi) is 6.21. The molecule has 0 spiro atoms. The van der Waals surface area contributed by atoms with Crippen LogP contribution < -0.4 is 15.1 Å². The van der Waals surface area contributed by atoms with Gasteiger partial charge >= 0.3 is 6.98 Å². The molecule has 0 bridgehead atoms. The molecule has 5 rings (SSSR count). The highest BCUT2D eigenvalue weighted by molar-refractivity contribution is 6.82. The quantitative estimate of drug-likeness (QED) is 0.258. The van der Waals surface area contributed by atoms with E-state index in [0.29, 0.717) is 0 Å². The zero-order valence-electron chi connectivity index (χ0n) is 18.4. The minimum absolute atomic E-state index is 0.110. The molecule has 0 aliphatic carbocycles. The number of para-hydroxylation sites is 4. The molecule has 5 aromatic rings. The van der Waals surface area contributed by atoms with Crippen molar-refractivity contribution in [2.45, 2.75) is 0 Å². The molecule has 0 atom stereocenters. The molecule has 0 aliphatic heterocycles. The van der Waals surface area contributed by atoms with E-state index in [2.05, 4.69) is 161 Å². The lowest BCUT2D eigenvalue weighted by Crippen LogP contribution is -2.57. The first-order valence-corrected chi connectivity index (χ1v) is 11.3. The van der Waals surface area contributed by atoms with E-state index in [9.17, 15) is 0 Å². The van der Waals surface area contributed by atoms with Gasteiger partial charge < -0.3 is 9.62 Å². The highest BCUT2D eigenvalue weighted by Crippen LogP contribution is 2.33. The van der Waals surface area contributed by atoms with Crippen LogP contribution in [0.4, 0.5) is 22.7 Å². The predicted molar refractivity (Wildman–Crippen MR) is 142 cm³/mol. The lowest BCUT2D eigenvalue weighted by molar-refractivity contribution is 1.29. The summed E-state index contributed by atoms with van der Waals surface area (Å²) < 4.78 is 0. The standard InChI is InChI=1S/C30H25BN2/c1-6-16-26(17-7-1)31(32(27-18-8-2-9-19-27)28-20-10-3-11-21-28)33(29-22-12-4-13-23-29)30-24-14-5-15-25-30/h1-25H. The topological polar surface area (TPSA) is 6.48 Å². The van der Waals surface area contributed by atoms with Crippen molar-refractivity contribution in [2.24, 2.45) is 0 Å². The van der Waals surface area contributed by atoms with Crippen molar-refractivity contribution in [3.8, 4) is 0 Å². The second-order valence-electron chi connectivity index (χ2n) is 7.87. The Labute approximate surface area is 196 Å². The minimum atomic E-state index is -0.110. The Morgan fingerprint density at radius 2 is 0.545 bits per heavy atom. The van der Waals surface area contributed by atoms with Crippen LogP contribution in [0, 0.1) is 0 Å². The van der Waals surface area contributed by atoms with Crippen LogP contribution in [0.2, 0.25) is 0 Å².